The fourth-order valence-corrected chi connectivity index (χ4v) is 10.9. The molecule has 2 saturated carbocycles. The van der Waals surface area contributed by atoms with Gasteiger partial charge in [-0.05, 0) is 55.0 Å². The van der Waals surface area contributed by atoms with Gasteiger partial charge in [0, 0.05) is 59.5 Å². The lowest BCUT2D eigenvalue weighted by Crippen LogP contribution is -2.72. The van der Waals surface area contributed by atoms with E-state index in [1.54, 1.807) is 25.5 Å². The van der Waals surface area contributed by atoms with Crippen LogP contribution in [0.4, 0.5) is 0 Å². The molecule has 0 bridgehead atoms. The molecule has 10 nitrogen and oxygen atoms in total. The van der Waals surface area contributed by atoms with E-state index in [1.807, 2.05) is 43.3 Å². The molecule has 1 N–H and O–H groups in total. The Hall–Kier alpha value is -3.99. The van der Waals surface area contributed by atoms with E-state index in [0.29, 0.717) is 6.42 Å². The average molecular weight is 701 g/mol. The molecular weight excluding hydrogens is 652 g/mol. The summed E-state index contributed by atoms with van der Waals surface area (Å²) < 4.78 is 37.7. The van der Waals surface area contributed by atoms with Crippen molar-refractivity contribution in [1.82, 2.24) is 0 Å². The largest absolute Gasteiger partial charge is 0.472 e. The number of rotatable bonds is 7. The van der Waals surface area contributed by atoms with Crippen molar-refractivity contribution < 1.29 is 47.6 Å². The number of fused-ring (bicyclic) bond motifs is 4. The van der Waals surface area contributed by atoms with Crippen LogP contribution in [0.25, 0.3) is 6.08 Å². The fraction of sp³-hybridized carbons (Fsp3) is 0.537. The van der Waals surface area contributed by atoms with E-state index in [-0.39, 0.29) is 30.9 Å². The molecule has 4 fully saturated rings. The summed E-state index contributed by atoms with van der Waals surface area (Å²) in [5, 5.41) is 11.7. The van der Waals surface area contributed by atoms with Crippen molar-refractivity contribution in [2.45, 2.75) is 104 Å². The van der Waals surface area contributed by atoms with E-state index < -0.39 is 82.8 Å². The lowest BCUT2D eigenvalue weighted by Gasteiger charge is -2.66. The van der Waals surface area contributed by atoms with Gasteiger partial charge in [0.25, 0.3) is 0 Å². The molecule has 51 heavy (non-hydrogen) atoms. The summed E-state index contributed by atoms with van der Waals surface area (Å²) in [6, 6.07) is 11.4. The van der Waals surface area contributed by atoms with Gasteiger partial charge in [-0.1, -0.05) is 63.3 Å². The molecule has 7 rings (SSSR count). The smallest absolute Gasteiger partial charge is 0.333 e. The zero-order valence-electron chi connectivity index (χ0n) is 30.1. The topological polar surface area (TPSA) is 131 Å². The van der Waals surface area contributed by atoms with Crippen LogP contribution in [0.5, 0.6) is 0 Å². The first-order chi connectivity index (χ1) is 24.2. The molecule has 2 saturated heterocycles. The molecule has 12 atom stereocenters. The lowest BCUT2D eigenvalue weighted by atomic mass is 9.39. The van der Waals surface area contributed by atoms with Crippen molar-refractivity contribution in [1.29, 1.82) is 0 Å². The first-order valence-corrected chi connectivity index (χ1v) is 17.8. The highest BCUT2D eigenvalue weighted by Crippen LogP contribution is 2.72. The molecule has 0 radical (unpaired) electrons. The Labute approximate surface area is 298 Å². The Morgan fingerprint density at radius 3 is 2.39 bits per heavy atom. The Balaban J connectivity index is 1.42. The van der Waals surface area contributed by atoms with Gasteiger partial charge in [0.1, 0.15) is 18.3 Å². The van der Waals surface area contributed by atoms with Crippen LogP contribution >= 0.6 is 0 Å². The van der Waals surface area contributed by atoms with Gasteiger partial charge >= 0.3 is 17.9 Å². The van der Waals surface area contributed by atoms with Crippen LogP contribution in [-0.4, -0.2) is 66.4 Å². The number of hydrogen-bond acceptors (Lipinski definition) is 10. The van der Waals surface area contributed by atoms with Crippen LogP contribution in [-0.2, 0) is 38.1 Å². The SMILES string of the molecule is C=C(C)C(=O)O[C@H]1C[C@@H](OC(C)=O)[C@@]2(C)CO[C@H]3[C@@H](OC(=O)/C=C/c4ccccc4)[C@@]4(C)C5=C(C)[C@@H](c6ccoc6)C[C@@H]5OC(O)C[C@@H]4[C@]1(C)[C@@H]32. The number of benzene rings is 1. The molecule has 5 aliphatic rings. The summed E-state index contributed by atoms with van der Waals surface area (Å²) in [7, 11) is 0. The second-order valence-corrected chi connectivity index (χ2v) is 15.8. The zero-order chi connectivity index (χ0) is 36.5. The highest BCUT2D eigenvalue weighted by atomic mass is 16.6. The third kappa shape index (κ3) is 5.61. The molecular formula is C41H48O10. The quantitative estimate of drug-likeness (QED) is 0.152. The Bertz CT molecular complexity index is 1760. The predicted molar refractivity (Wildman–Crippen MR) is 186 cm³/mol. The summed E-state index contributed by atoms with van der Waals surface area (Å²) >= 11 is 0. The maximum atomic E-state index is 13.9. The van der Waals surface area contributed by atoms with Gasteiger partial charge < -0.3 is 33.2 Å². The molecule has 272 valence electrons. The first-order valence-electron chi connectivity index (χ1n) is 17.8. The minimum atomic E-state index is -1.16. The van der Waals surface area contributed by atoms with E-state index in [2.05, 4.69) is 27.4 Å². The molecule has 3 aliphatic carbocycles. The second-order valence-electron chi connectivity index (χ2n) is 15.8. The van der Waals surface area contributed by atoms with E-state index >= 15 is 0 Å². The number of aliphatic hydroxyl groups is 1. The average Bonchev–Trinajstić information content (AvgIpc) is 3.80. The molecule has 0 spiro atoms. The summed E-state index contributed by atoms with van der Waals surface area (Å²) in [6.45, 7) is 15.3. The third-order valence-electron chi connectivity index (χ3n) is 12.9. The van der Waals surface area contributed by atoms with E-state index in [4.69, 9.17) is 28.1 Å². The van der Waals surface area contributed by atoms with Crippen LogP contribution in [0.15, 0.2) is 82.7 Å². The van der Waals surface area contributed by atoms with Gasteiger partial charge in [0.05, 0.1) is 31.3 Å². The fourth-order valence-electron chi connectivity index (χ4n) is 10.9. The highest BCUT2D eigenvalue weighted by molar-refractivity contribution is 5.87. The lowest BCUT2D eigenvalue weighted by molar-refractivity contribution is -0.261. The van der Waals surface area contributed by atoms with E-state index in [1.165, 1.54) is 13.0 Å². The molecule has 3 heterocycles. The van der Waals surface area contributed by atoms with E-state index in [0.717, 1.165) is 22.3 Å². The van der Waals surface area contributed by atoms with Crippen molar-refractivity contribution in [3.8, 4) is 0 Å². The maximum Gasteiger partial charge on any atom is 0.333 e. The number of carbonyl (C=O) groups excluding carboxylic acids is 3. The number of hydrogen-bond donors (Lipinski definition) is 1. The van der Waals surface area contributed by atoms with E-state index in [9.17, 15) is 19.5 Å². The third-order valence-corrected chi connectivity index (χ3v) is 12.9. The molecule has 2 aliphatic heterocycles. The molecule has 0 amide bonds. The monoisotopic (exact) mass is 700 g/mol. The zero-order valence-corrected chi connectivity index (χ0v) is 30.1. The number of carbonyl (C=O) groups is 3. The van der Waals surface area contributed by atoms with Gasteiger partial charge in [-0.15, -0.1) is 0 Å². The van der Waals surface area contributed by atoms with Crippen LogP contribution in [0.3, 0.4) is 0 Å². The molecule has 1 aromatic carbocycles. The van der Waals surface area contributed by atoms with Crippen LogP contribution < -0.4 is 0 Å². The highest BCUT2D eigenvalue weighted by Gasteiger charge is 2.77. The van der Waals surface area contributed by atoms with Gasteiger partial charge in [0.2, 0.25) is 0 Å². The number of ether oxygens (including phenoxy) is 5. The predicted octanol–water partition coefficient (Wildman–Crippen LogP) is 6.30. The van der Waals surface area contributed by atoms with Crippen LogP contribution in [0.2, 0.25) is 0 Å². The summed E-state index contributed by atoms with van der Waals surface area (Å²) in [5.41, 5.74) is 1.53. The van der Waals surface area contributed by atoms with Crippen LogP contribution in [0.1, 0.15) is 77.8 Å². The molecule has 10 heteroatoms. The van der Waals surface area contributed by atoms with Gasteiger partial charge in [-0.25, -0.2) is 9.59 Å². The maximum absolute atomic E-state index is 13.9. The standard InChI is InChI=1S/C41H48O10/c1-22(2)38(45)50-31-19-30(48-24(4)42)39(5)21-47-35-36(39)40(31,6)29-18-33(44)49-28-17-27(26-15-16-46-20-26)23(3)34(28)41(29,7)37(35)51-32(43)14-13-25-11-9-8-10-12-25/h8-16,20,27-31,33,35-37,44H,1,17-19,21H2,2-7H3/b14-13+/t27-,28-,29+,30+,31-,33?,35+,36-,37+,39+,40-,41+/m0/s1. The molecule has 2 aromatic rings. The van der Waals surface area contributed by atoms with Crippen LogP contribution in [0, 0.1) is 28.1 Å². The molecule has 1 unspecified atom stereocenters. The number of esters is 3. The minimum absolute atomic E-state index is 0.0575. The van der Waals surface area contributed by atoms with Gasteiger partial charge in [0.15, 0.2) is 6.29 Å². The van der Waals surface area contributed by atoms with Crippen molar-refractivity contribution in [3.05, 3.63) is 89.4 Å². The van der Waals surface area contributed by atoms with Gasteiger partial charge in [-0.3, -0.25) is 4.79 Å². The summed E-state index contributed by atoms with van der Waals surface area (Å²) in [4.78, 5) is 39.8. The summed E-state index contributed by atoms with van der Waals surface area (Å²) in [5.74, 6) is -2.47. The molecule has 1 aromatic heterocycles. The number of furan rings is 1. The Morgan fingerprint density at radius 1 is 0.980 bits per heavy atom. The minimum Gasteiger partial charge on any atom is -0.472 e. The Kier molecular flexibility index (Phi) is 8.96. The first kappa shape index (κ1) is 35.4. The summed E-state index contributed by atoms with van der Waals surface area (Å²) in [6.07, 6.45) is 2.93. The second kappa shape index (κ2) is 12.9. The van der Waals surface area contributed by atoms with Crippen molar-refractivity contribution >= 4 is 24.0 Å². The van der Waals surface area contributed by atoms with Crippen molar-refractivity contribution in [3.63, 3.8) is 0 Å². The number of aliphatic hydroxyl groups excluding tert-OH is 1. The van der Waals surface area contributed by atoms with Crippen molar-refractivity contribution in [2.24, 2.45) is 28.1 Å². The van der Waals surface area contributed by atoms with Crippen molar-refractivity contribution in [2.75, 3.05) is 6.61 Å². The number of allylic oxidation sites excluding steroid dienone is 1. The van der Waals surface area contributed by atoms with Gasteiger partial charge in [-0.2, -0.15) is 0 Å². The normalized spacial score (nSPS) is 39.8. The Morgan fingerprint density at radius 2 is 1.73 bits per heavy atom.